The number of nitrogens with one attached hydrogen (secondary N) is 1. The first kappa shape index (κ1) is 15.5. The summed E-state index contributed by atoms with van der Waals surface area (Å²) in [7, 11) is 0. The van der Waals surface area contributed by atoms with Crippen LogP contribution in [-0.4, -0.2) is 20.7 Å². The number of aromatic nitrogens is 1. The number of benzene rings is 1. The Bertz CT molecular complexity index is 846. The van der Waals surface area contributed by atoms with Crippen LogP contribution in [0.3, 0.4) is 0 Å². The standard InChI is InChI=1S/C19H19IN2O3/c20-10-1-3-11(4-2-10)21-14(23)9-22-17(24)15-12-5-6-13(16(15)18(22)25)19(12)7-8-19/h1-4,12-13,24-25H,5-9H2,(H,21,23). The van der Waals surface area contributed by atoms with E-state index in [0.717, 1.165) is 27.5 Å². The molecule has 5 rings (SSSR count). The largest absolute Gasteiger partial charge is 0.494 e. The maximum absolute atomic E-state index is 12.4. The third-order valence-electron chi connectivity index (χ3n) is 6.37. The summed E-state index contributed by atoms with van der Waals surface area (Å²) >= 11 is 2.21. The summed E-state index contributed by atoms with van der Waals surface area (Å²) in [5.74, 6) is 0.638. The van der Waals surface area contributed by atoms with Crippen molar-refractivity contribution in [2.24, 2.45) is 5.41 Å². The van der Waals surface area contributed by atoms with Gasteiger partial charge in [-0.2, -0.15) is 0 Å². The van der Waals surface area contributed by atoms with Gasteiger partial charge in [0.2, 0.25) is 5.91 Å². The molecule has 1 amide bonds. The lowest BCUT2D eigenvalue weighted by Crippen LogP contribution is -2.19. The average molecular weight is 450 g/mol. The summed E-state index contributed by atoms with van der Waals surface area (Å²) in [5, 5.41) is 24.2. The molecule has 0 radical (unpaired) electrons. The van der Waals surface area contributed by atoms with E-state index in [1.165, 1.54) is 17.4 Å². The predicted molar refractivity (Wildman–Crippen MR) is 102 cm³/mol. The Morgan fingerprint density at radius 1 is 1.12 bits per heavy atom. The quantitative estimate of drug-likeness (QED) is 0.622. The molecule has 0 aliphatic heterocycles. The van der Waals surface area contributed by atoms with Crippen LogP contribution in [0.4, 0.5) is 5.69 Å². The lowest BCUT2D eigenvalue weighted by atomic mass is 9.91. The van der Waals surface area contributed by atoms with E-state index in [-0.39, 0.29) is 24.2 Å². The Morgan fingerprint density at radius 3 is 2.20 bits per heavy atom. The molecule has 1 spiro atoms. The number of fused-ring (bicyclic) bond motifs is 3. The molecule has 3 aliphatic carbocycles. The summed E-state index contributed by atoms with van der Waals surface area (Å²) in [6, 6.07) is 7.52. The minimum atomic E-state index is -0.256. The molecule has 130 valence electrons. The van der Waals surface area contributed by atoms with Gasteiger partial charge in [-0.05, 0) is 89.8 Å². The molecule has 1 aromatic heterocycles. The number of hydrogen-bond acceptors (Lipinski definition) is 3. The van der Waals surface area contributed by atoms with Gasteiger partial charge < -0.3 is 15.5 Å². The van der Waals surface area contributed by atoms with Crippen LogP contribution in [0.15, 0.2) is 24.3 Å². The fourth-order valence-corrected chi connectivity index (χ4v) is 5.56. The highest BCUT2D eigenvalue weighted by Gasteiger charge is 2.66. The summed E-state index contributed by atoms with van der Waals surface area (Å²) in [4.78, 5) is 12.4. The van der Waals surface area contributed by atoms with Crippen LogP contribution in [0, 0.1) is 8.99 Å². The molecule has 3 aliphatic rings. The van der Waals surface area contributed by atoms with Crippen LogP contribution in [0.1, 0.15) is 48.6 Å². The second kappa shape index (κ2) is 5.16. The van der Waals surface area contributed by atoms with Crippen LogP contribution in [0.25, 0.3) is 0 Å². The highest BCUT2D eigenvalue weighted by molar-refractivity contribution is 14.1. The maximum atomic E-state index is 12.4. The highest BCUT2D eigenvalue weighted by Crippen LogP contribution is 2.78. The molecule has 2 fully saturated rings. The first-order chi connectivity index (χ1) is 12.0. The van der Waals surface area contributed by atoms with Gasteiger partial charge in [0, 0.05) is 20.4 Å². The predicted octanol–water partition coefficient (Wildman–Crippen LogP) is 3.90. The van der Waals surface area contributed by atoms with Crippen molar-refractivity contribution in [1.82, 2.24) is 4.57 Å². The smallest absolute Gasteiger partial charge is 0.244 e. The topological polar surface area (TPSA) is 74.5 Å². The number of rotatable bonds is 3. The SMILES string of the molecule is O=C(Cn1c(O)c2c(c1O)C1CCC2C12CC2)Nc1ccc(I)cc1. The van der Waals surface area contributed by atoms with E-state index >= 15 is 0 Å². The van der Waals surface area contributed by atoms with Crippen LogP contribution >= 0.6 is 22.6 Å². The normalized spacial score (nSPS) is 24.5. The van der Waals surface area contributed by atoms with Crippen molar-refractivity contribution in [1.29, 1.82) is 0 Å². The number of anilines is 1. The summed E-state index contributed by atoms with van der Waals surface area (Å²) in [6.07, 6.45) is 4.57. The number of amides is 1. The molecule has 1 heterocycles. The molecule has 1 aromatic carbocycles. The van der Waals surface area contributed by atoms with E-state index in [1.54, 1.807) is 0 Å². The number of carbonyl (C=O) groups excluding carboxylic acids is 1. The fourth-order valence-electron chi connectivity index (χ4n) is 5.20. The van der Waals surface area contributed by atoms with Crippen LogP contribution in [0.2, 0.25) is 0 Å². The van der Waals surface area contributed by atoms with Crippen molar-refractivity contribution in [3.63, 3.8) is 0 Å². The molecule has 25 heavy (non-hydrogen) atoms. The number of aromatic hydroxyl groups is 2. The monoisotopic (exact) mass is 450 g/mol. The summed E-state index contributed by atoms with van der Waals surface area (Å²) in [6.45, 7) is -0.0803. The average Bonchev–Trinajstić information content (AvgIpc) is 3.20. The van der Waals surface area contributed by atoms with Gasteiger partial charge in [0.05, 0.1) is 0 Å². The van der Waals surface area contributed by atoms with E-state index in [1.807, 2.05) is 24.3 Å². The lowest BCUT2D eigenvalue weighted by molar-refractivity contribution is -0.116. The Balaban J connectivity index is 1.41. The summed E-state index contributed by atoms with van der Waals surface area (Å²) in [5.41, 5.74) is 2.84. The van der Waals surface area contributed by atoms with Crippen molar-refractivity contribution >= 4 is 34.2 Å². The third kappa shape index (κ3) is 2.09. The van der Waals surface area contributed by atoms with Crippen LogP contribution in [-0.2, 0) is 11.3 Å². The molecule has 3 N–H and O–H groups in total. The Kier molecular flexibility index (Phi) is 3.21. The van der Waals surface area contributed by atoms with Gasteiger partial charge in [-0.15, -0.1) is 0 Å². The van der Waals surface area contributed by atoms with Crippen molar-refractivity contribution in [3.05, 3.63) is 39.0 Å². The van der Waals surface area contributed by atoms with Gasteiger partial charge in [0.25, 0.3) is 0 Å². The Hall–Kier alpha value is -1.70. The van der Waals surface area contributed by atoms with Gasteiger partial charge in [-0.1, -0.05) is 0 Å². The minimum absolute atomic E-state index is 0.0803. The number of nitrogens with zero attached hydrogens (tertiary/aromatic N) is 1. The van der Waals surface area contributed by atoms with Gasteiger partial charge >= 0.3 is 0 Å². The summed E-state index contributed by atoms with van der Waals surface area (Å²) < 4.78 is 2.46. The molecule has 2 atom stereocenters. The molecule has 2 unspecified atom stereocenters. The van der Waals surface area contributed by atoms with E-state index in [2.05, 4.69) is 27.9 Å². The van der Waals surface area contributed by atoms with E-state index < -0.39 is 0 Å². The zero-order valence-electron chi connectivity index (χ0n) is 13.6. The van der Waals surface area contributed by atoms with Crippen molar-refractivity contribution < 1.29 is 15.0 Å². The number of halogens is 1. The fraction of sp³-hybridized carbons (Fsp3) is 0.421. The van der Waals surface area contributed by atoms with Gasteiger partial charge in [0.1, 0.15) is 6.54 Å². The van der Waals surface area contributed by atoms with Gasteiger partial charge in [-0.25, -0.2) is 0 Å². The minimum Gasteiger partial charge on any atom is -0.494 e. The molecular formula is C19H19IN2O3. The van der Waals surface area contributed by atoms with E-state index in [0.29, 0.717) is 22.9 Å². The molecule has 2 aromatic rings. The zero-order chi connectivity index (χ0) is 17.3. The van der Waals surface area contributed by atoms with Crippen molar-refractivity contribution in [3.8, 4) is 11.8 Å². The van der Waals surface area contributed by atoms with Crippen LogP contribution < -0.4 is 5.32 Å². The second-order valence-corrected chi connectivity index (χ2v) is 8.78. The highest BCUT2D eigenvalue weighted by atomic mass is 127. The number of carbonyl (C=O) groups is 1. The first-order valence-electron chi connectivity index (χ1n) is 8.71. The zero-order valence-corrected chi connectivity index (χ0v) is 15.8. The van der Waals surface area contributed by atoms with Gasteiger partial charge in [-0.3, -0.25) is 9.36 Å². The Labute approximate surface area is 159 Å². The molecule has 2 saturated carbocycles. The Morgan fingerprint density at radius 2 is 1.68 bits per heavy atom. The maximum Gasteiger partial charge on any atom is 0.244 e. The van der Waals surface area contributed by atoms with Crippen LogP contribution in [0.5, 0.6) is 11.8 Å². The van der Waals surface area contributed by atoms with Gasteiger partial charge in [0.15, 0.2) is 11.8 Å². The first-order valence-corrected chi connectivity index (χ1v) is 9.79. The molecule has 6 heteroatoms. The van der Waals surface area contributed by atoms with E-state index in [4.69, 9.17) is 0 Å². The van der Waals surface area contributed by atoms with Crippen molar-refractivity contribution in [2.45, 2.75) is 44.1 Å². The molecule has 2 bridgehead atoms. The van der Waals surface area contributed by atoms with E-state index in [9.17, 15) is 15.0 Å². The molecule has 5 nitrogen and oxygen atoms in total. The molecular weight excluding hydrogens is 431 g/mol. The van der Waals surface area contributed by atoms with Crippen molar-refractivity contribution in [2.75, 3.05) is 5.32 Å². The second-order valence-electron chi connectivity index (χ2n) is 7.53. The lowest BCUT2D eigenvalue weighted by Gasteiger charge is -2.16. The number of hydrogen-bond donors (Lipinski definition) is 3. The third-order valence-corrected chi connectivity index (χ3v) is 7.09. The molecule has 0 saturated heterocycles.